The van der Waals surface area contributed by atoms with Gasteiger partial charge in [0.05, 0.1) is 46.7 Å². The zero-order valence-electron chi connectivity index (χ0n) is 74.4. The van der Waals surface area contributed by atoms with E-state index in [1.807, 2.05) is 147 Å². The van der Waals surface area contributed by atoms with E-state index in [2.05, 4.69) is 117 Å². The normalized spacial score (nSPS) is 17.6. The van der Waals surface area contributed by atoms with E-state index < -0.39 is 65.5 Å². The predicted octanol–water partition coefficient (Wildman–Crippen LogP) is 16.4. The first-order valence-corrected chi connectivity index (χ1v) is 43.2. The van der Waals surface area contributed by atoms with Crippen molar-refractivity contribution in [1.29, 1.82) is 0 Å². The first-order valence-electron chi connectivity index (χ1n) is 42.4. The molecule has 0 bridgehead atoms. The molecule has 0 aliphatic carbocycles. The fraction of sp³-hybridized carbons (Fsp3) is 0.260. The highest BCUT2D eigenvalue weighted by atomic mass is 79.9. The maximum Gasteiger partial charge on any atom is 0.270 e. The number of hydrogen-bond donors (Lipinski definition) is 8. The van der Waals surface area contributed by atoms with Gasteiger partial charge in [0.1, 0.15) is 53.3 Å². The number of hydrogen-bond acceptors (Lipinski definition) is 14. The number of nitrogens with one attached hydrogen (secondary N) is 8. The van der Waals surface area contributed by atoms with Crippen LogP contribution in [0.4, 0.5) is 36.4 Å². The summed E-state index contributed by atoms with van der Waals surface area (Å²) in [4.78, 5) is 105. The number of anilines is 4. The van der Waals surface area contributed by atoms with E-state index >= 15 is 0 Å². The van der Waals surface area contributed by atoms with Gasteiger partial charge in [-0.1, -0.05) is 164 Å². The molecule has 26 nitrogen and oxygen atoms in total. The lowest BCUT2D eigenvalue weighted by Crippen LogP contribution is -2.50. The quantitative estimate of drug-likeness (QED) is 0.0396. The second-order valence-electron chi connectivity index (χ2n) is 33.0. The molecule has 0 radical (unpaired) electrons. The molecule has 130 heavy (non-hydrogen) atoms. The van der Waals surface area contributed by atoms with E-state index in [1.54, 1.807) is 131 Å². The summed E-state index contributed by atoms with van der Waals surface area (Å²) in [6.45, 7) is 20.8. The van der Waals surface area contributed by atoms with Crippen LogP contribution < -0.4 is 52.0 Å². The molecular formula is C100H100BrF3N16O10. The standard InChI is InChI=1S/C28H24F2N4O2.C25H28N4O4.C25H28N4O2.C22H20BrFN4O2/c1-17-22-23(18-13-15-20(16-14-18)28(2,29)30)24(31-26(35)19-9-5-3-6-10-19)27(36)32-25(22)34(33-17)21-11-7-4-8-12-21;1-6-33-18-11-10-16(13-19(18)32-5)21-20-15(3)28-29(4)23(20)27-25(31)22(21)26-24(30)17-9-7-8-14(2)12-17;1-14(2)17-9-11-18(12-10-17)21-20-16(4)28-29(5)23(20)27-25(31)22(21)26-24(30)19-8-6-7-15(3)13-19;1-11-5-4-6-14(9-11)21(29)25-19-18(13-7-8-16(24)15(23)10-13)17-12(2)27-28(3)20(17)26-22(19)30/h3-16,23-24H,1-2H3,(H,31,35)(H,32,36);7-13,21-22H,6H2,1-5H3,(H,26,30)(H,27,31);6-14,21-22H,1-5H3,(H,26,30)(H,27,31);4-10,18-19H,1-3H3,(H,25,29)(H,26,30)/t23-,24+;2*21-,22+;18-,19+/m1111/s1. The summed E-state index contributed by atoms with van der Waals surface area (Å²) in [5.41, 5.74) is 16.1. The van der Waals surface area contributed by atoms with Crippen LogP contribution >= 0.6 is 15.9 Å². The van der Waals surface area contributed by atoms with Crippen LogP contribution in [-0.2, 0) is 46.2 Å². The zero-order valence-corrected chi connectivity index (χ0v) is 75.9. The Balaban J connectivity index is 0.000000140. The van der Waals surface area contributed by atoms with Crippen LogP contribution in [0.15, 0.2) is 223 Å². The fourth-order valence-corrected chi connectivity index (χ4v) is 17.6. The van der Waals surface area contributed by atoms with Gasteiger partial charge in [0, 0.05) is 102 Å². The third-order valence-corrected chi connectivity index (χ3v) is 24.1. The highest BCUT2D eigenvalue weighted by Gasteiger charge is 2.47. The highest BCUT2D eigenvalue weighted by Crippen LogP contribution is 2.47. The van der Waals surface area contributed by atoms with Crippen LogP contribution in [0.25, 0.3) is 5.69 Å². The van der Waals surface area contributed by atoms with Crippen molar-refractivity contribution in [3.63, 3.8) is 0 Å². The van der Waals surface area contributed by atoms with Gasteiger partial charge in [0.25, 0.3) is 29.6 Å². The second-order valence-corrected chi connectivity index (χ2v) is 33.9. The molecule has 8 heterocycles. The molecule has 0 saturated carbocycles. The number of carbonyl (C=O) groups is 8. The van der Waals surface area contributed by atoms with Gasteiger partial charge < -0.3 is 52.0 Å². The molecule has 668 valence electrons. The minimum Gasteiger partial charge on any atom is -0.493 e. The van der Waals surface area contributed by atoms with Crippen LogP contribution in [-0.4, -0.2) is 124 Å². The molecule has 4 aromatic heterocycles. The summed E-state index contributed by atoms with van der Waals surface area (Å²) < 4.78 is 59.7. The van der Waals surface area contributed by atoms with Crippen molar-refractivity contribution in [2.45, 2.75) is 136 Å². The second kappa shape index (κ2) is 38.6. The minimum atomic E-state index is -3.00. The van der Waals surface area contributed by atoms with Gasteiger partial charge in [-0.3, -0.25) is 52.4 Å². The van der Waals surface area contributed by atoms with Crippen molar-refractivity contribution in [1.82, 2.24) is 60.4 Å². The maximum atomic E-state index is 13.9. The largest absolute Gasteiger partial charge is 0.493 e. The van der Waals surface area contributed by atoms with E-state index in [-0.39, 0.29) is 51.4 Å². The SMILES string of the molecule is CCOc1ccc([C@@H]2c3c(C)nn(C)c3NC(=O)[C@H]2NC(=O)c2cccc(C)c2)cc1OC.Cc1cccc(C(=O)N[C@@H]2C(=O)Nc3c(c(C)nn3C)[C@H]2c2ccc(C(C)C)cc2)c1.Cc1cccc(C(=O)N[C@@H]2C(=O)Nc3c(c(C)nn3C)[C@H]2c2ccc(F)c(Br)c2)c1.Cc1nn(-c2ccccc2)c2c1[C@@H](c1ccc(C(C)(F)F)cc1)[C@H](NC(=O)c1ccccc1)C(=O)N2. The number of methoxy groups -OCH3 is 1. The number of ether oxygens (including phenoxy) is 2. The Morgan fingerprint density at radius 2 is 0.777 bits per heavy atom. The van der Waals surface area contributed by atoms with Crippen molar-refractivity contribution >= 4 is 86.5 Å². The first kappa shape index (κ1) is 91.7. The summed E-state index contributed by atoms with van der Waals surface area (Å²) in [5, 5.41) is 41.4. The number of carbonyl (C=O) groups excluding carboxylic acids is 8. The van der Waals surface area contributed by atoms with Crippen LogP contribution in [0.3, 0.4) is 0 Å². The summed E-state index contributed by atoms with van der Waals surface area (Å²) in [5.74, 6) is -4.03. The number of aromatic nitrogens is 8. The molecule has 0 saturated heterocycles. The average molecular weight is 1820 g/mol. The van der Waals surface area contributed by atoms with Crippen molar-refractivity contribution in [2.24, 2.45) is 21.1 Å². The molecule has 0 unspecified atom stereocenters. The van der Waals surface area contributed by atoms with Gasteiger partial charge in [0.15, 0.2) is 11.5 Å². The number of aryl methyl sites for hydroxylation is 10. The van der Waals surface area contributed by atoms with Crippen LogP contribution in [0.5, 0.6) is 11.5 Å². The van der Waals surface area contributed by atoms with E-state index in [4.69, 9.17) is 9.47 Å². The lowest BCUT2D eigenvalue weighted by atomic mass is 9.81. The van der Waals surface area contributed by atoms with Crippen molar-refractivity contribution < 1.29 is 61.0 Å². The van der Waals surface area contributed by atoms with Gasteiger partial charge in [-0.2, -0.15) is 20.4 Å². The molecular weight excluding hydrogens is 1720 g/mol. The monoisotopic (exact) mass is 1820 g/mol. The topological polar surface area (TPSA) is 323 Å². The maximum absolute atomic E-state index is 13.9. The van der Waals surface area contributed by atoms with E-state index in [0.29, 0.717) is 91.9 Å². The Kier molecular flexibility index (Phi) is 27.2. The Labute approximate surface area is 758 Å². The first-order chi connectivity index (χ1) is 62.1. The predicted molar refractivity (Wildman–Crippen MR) is 494 cm³/mol. The summed E-state index contributed by atoms with van der Waals surface area (Å²) in [6.07, 6.45) is 0. The van der Waals surface area contributed by atoms with Gasteiger partial charge >= 0.3 is 0 Å². The van der Waals surface area contributed by atoms with Crippen molar-refractivity contribution in [3.05, 3.63) is 346 Å². The summed E-state index contributed by atoms with van der Waals surface area (Å²) in [6, 6.07) is 60.7. The average Bonchev–Trinajstić information content (AvgIpc) is 1.57. The molecule has 0 fully saturated rings. The molecule has 13 aromatic rings. The molecule has 30 heteroatoms. The van der Waals surface area contributed by atoms with Gasteiger partial charge in [-0.05, 0) is 190 Å². The molecule has 8 atom stereocenters. The van der Waals surface area contributed by atoms with E-state index in [1.165, 1.54) is 23.8 Å². The van der Waals surface area contributed by atoms with Crippen LogP contribution in [0.1, 0.15) is 194 Å². The van der Waals surface area contributed by atoms with Gasteiger partial charge in [0.2, 0.25) is 23.6 Å². The number of para-hydroxylation sites is 1. The molecule has 17 rings (SSSR count). The lowest BCUT2D eigenvalue weighted by Gasteiger charge is -2.33. The van der Waals surface area contributed by atoms with Gasteiger partial charge in [-0.25, -0.2) is 17.9 Å². The molecule has 8 N–H and O–H groups in total. The molecule has 9 aromatic carbocycles. The molecule has 4 aliphatic heterocycles. The number of alkyl halides is 2. The minimum absolute atomic E-state index is 0.131. The Bertz CT molecular complexity index is 6500. The van der Waals surface area contributed by atoms with Crippen LogP contribution in [0.2, 0.25) is 0 Å². The third kappa shape index (κ3) is 19.3. The summed E-state index contributed by atoms with van der Waals surface area (Å²) in [7, 11) is 6.92. The van der Waals surface area contributed by atoms with Crippen LogP contribution in [0, 0.1) is 54.3 Å². The van der Waals surface area contributed by atoms with Gasteiger partial charge in [-0.15, -0.1) is 0 Å². The number of fused-ring (bicyclic) bond motifs is 4. The van der Waals surface area contributed by atoms with Crippen molar-refractivity contribution in [3.8, 4) is 17.2 Å². The summed E-state index contributed by atoms with van der Waals surface area (Å²) >= 11 is 3.22. The molecule has 8 amide bonds. The fourth-order valence-electron chi connectivity index (χ4n) is 17.2. The smallest absolute Gasteiger partial charge is 0.270 e. The Morgan fingerprint density at radius 1 is 0.431 bits per heavy atom. The number of halogens is 4. The molecule has 4 aliphatic rings. The Morgan fingerprint density at radius 3 is 1.16 bits per heavy atom. The zero-order chi connectivity index (χ0) is 93.0. The number of nitrogens with zero attached hydrogens (tertiary/aromatic N) is 8. The highest BCUT2D eigenvalue weighted by molar-refractivity contribution is 9.10. The number of benzene rings is 9. The van der Waals surface area contributed by atoms with Crippen molar-refractivity contribution in [2.75, 3.05) is 35.0 Å². The Hall–Kier alpha value is -14.6. The van der Waals surface area contributed by atoms with E-state index in [9.17, 15) is 51.5 Å². The number of rotatable bonds is 18. The lowest BCUT2D eigenvalue weighted by molar-refractivity contribution is -0.119. The molecule has 0 spiro atoms. The number of amides is 8. The van der Waals surface area contributed by atoms with E-state index in [0.717, 1.165) is 74.2 Å². The third-order valence-electron chi connectivity index (χ3n) is 23.5.